The Kier molecular flexibility index (Phi) is 4.10. The largest absolute Gasteiger partial charge is 0.480 e. The molecule has 1 aromatic rings. The maximum atomic E-state index is 10.8. The zero-order valence-electron chi connectivity index (χ0n) is 8.67. The molecule has 1 unspecified atom stereocenters. The average molecular weight is 230 g/mol. The second-order valence-corrected chi connectivity index (χ2v) is 4.18. The molecule has 0 aliphatic heterocycles. The van der Waals surface area contributed by atoms with Gasteiger partial charge in [-0.15, -0.1) is 10.2 Å². The monoisotopic (exact) mass is 230 g/mol. The van der Waals surface area contributed by atoms with Crippen molar-refractivity contribution in [3.05, 3.63) is 5.82 Å². The summed E-state index contributed by atoms with van der Waals surface area (Å²) >= 11 is 1.19. The van der Waals surface area contributed by atoms with E-state index >= 15 is 0 Å². The van der Waals surface area contributed by atoms with E-state index in [1.54, 1.807) is 11.6 Å². The predicted octanol–water partition coefficient (Wildman–Crippen LogP) is 0.229. The molecule has 1 aromatic heterocycles. The van der Waals surface area contributed by atoms with Crippen LogP contribution in [0.1, 0.15) is 19.2 Å². The maximum absolute atomic E-state index is 10.8. The Hall–Kier alpha value is -1.08. The van der Waals surface area contributed by atoms with Gasteiger partial charge in [-0.1, -0.05) is 18.7 Å². The molecule has 1 rings (SSSR count). The predicted molar refractivity (Wildman–Crippen MR) is 56.5 cm³/mol. The summed E-state index contributed by atoms with van der Waals surface area (Å²) < 4.78 is 1.72. The van der Waals surface area contributed by atoms with Crippen molar-refractivity contribution in [2.24, 2.45) is 12.8 Å². The summed E-state index contributed by atoms with van der Waals surface area (Å²) in [5.74, 6) is -0.183. The van der Waals surface area contributed by atoms with Gasteiger partial charge < -0.3 is 15.4 Å². The Labute approximate surface area is 91.9 Å². The SMILES string of the molecule is CCC(Sc1nnc(CN)n1C)C(=O)O. The van der Waals surface area contributed by atoms with Crippen molar-refractivity contribution in [1.82, 2.24) is 14.8 Å². The van der Waals surface area contributed by atoms with Crippen LogP contribution in [0.3, 0.4) is 0 Å². The molecule has 6 nitrogen and oxygen atoms in total. The molecule has 0 amide bonds. The summed E-state index contributed by atoms with van der Waals surface area (Å²) in [6.07, 6.45) is 0.546. The third-order valence-electron chi connectivity index (χ3n) is 2.00. The Bertz CT molecular complexity index is 352. The molecule has 1 atom stereocenters. The van der Waals surface area contributed by atoms with Crippen molar-refractivity contribution in [2.45, 2.75) is 30.3 Å². The van der Waals surface area contributed by atoms with Crippen LogP contribution in [-0.2, 0) is 18.4 Å². The lowest BCUT2D eigenvalue weighted by Crippen LogP contribution is -2.16. The van der Waals surface area contributed by atoms with Gasteiger partial charge in [-0.3, -0.25) is 4.79 Å². The van der Waals surface area contributed by atoms with E-state index in [0.29, 0.717) is 23.9 Å². The molecule has 0 aliphatic carbocycles. The topological polar surface area (TPSA) is 94.0 Å². The number of hydrogen-bond donors (Lipinski definition) is 2. The quantitative estimate of drug-likeness (QED) is 0.703. The minimum Gasteiger partial charge on any atom is -0.480 e. The number of hydrogen-bond acceptors (Lipinski definition) is 5. The molecule has 0 bridgehead atoms. The molecular formula is C8H14N4O2S. The van der Waals surface area contributed by atoms with Gasteiger partial charge in [0.2, 0.25) is 0 Å². The van der Waals surface area contributed by atoms with Crippen molar-refractivity contribution in [3.8, 4) is 0 Å². The van der Waals surface area contributed by atoms with Crippen LogP contribution in [-0.4, -0.2) is 31.1 Å². The second kappa shape index (κ2) is 5.13. The van der Waals surface area contributed by atoms with Crippen LogP contribution in [0.25, 0.3) is 0 Å². The van der Waals surface area contributed by atoms with E-state index in [2.05, 4.69) is 10.2 Å². The van der Waals surface area contributed by atoms with E-state index in [1.807, 2.05) is 6.92 Å². The van der Waals surface area contributed by atoms with Crippen LogP contribution in [0.4, 0.5) is 0 Å². The fourth-order valence-electron chi connectivity index (χ4n) is 1.06. The molecule has 0 fully saturated rings. The highest BCUT2D eigenvalue weighted by molar-refractivity contribution is 8.00. The number of rotatable bonds is 5. The van der Waals surface area contributed by atoms with Crippen LogP contribution < -0.4 is 5.73 Å². The highest BCUT2D eigenvalue weighted by atomic mass is 32.2. The summed E-state index contributed by atoms with van der Waals surface area (Å²) in [5, 5.41) is 16.7. The van der Waals surface area contributed by atoms with Crippen molar-refractivity contribution in [2.75, 3.05) is 0 Å². The lowest BCUT2D eigenvalue weighted by atomic mass is 10.3. The third kappa shape index (κ3) is 2.69. The molecule has 0 saturated heterocycles. The first kappa shape index (κ1) is 12.0. The van der Waals surface area contributed by atoms with E-state index in [4.69, 9.17) is 10.8 Å². The number of carboxylic acid groups (broad SMARTS) is 1. The van der Waals surface area contributed by atoms with Gasteiger partial charge in [0.05, 0.1) is 6.54 Å². The summed E-state index contributed by atoms with van der Waals surface area (Å²) in [4.78, 5) is 10.8. The average Bonchev–Trinajstić information content (AvgIpc) is 2.55. The van der Waals surface area contributed by atoms with Crippen molar-refractivity contribution >= 4 is 17.7 Å². The van der Waals surface area contributed by atoms with Gasteiger partial charge in [-0.2, -0.15) is 0 Å². The van der Waals surface area contributed by atoms with Crippen LogP contribution in [0.5, 0.6) is 0 Å². The molecule has 0 radical (unpaired) electrons. The number of carboxylic acids is 1. The molecule has 1 heterocycles. The van der Waals surface area contributed by atoms with Gasteiger partial charge in [0.25, 0.3) is 0 Å². The van der Waals surface area contributed by atoms with Gasteiger partial charge in [0.15, 0.2) is 5.16 Å². The van der Waals surface area contributed by atoms with Gasteiger partial charge in [-0.25, -0.2) is 0 Å². The van der Waals surface area contributed by atoms with E-state index in [1.165, 1.54) is 11.8 Å². The smallest absolute Gasteiger partial charge is 0.317 e. The fourth-order valence-corrected chi connectivity index (χ4v) is 1.93. The number of carbonyl (C=O) groups is 1. The van der Waals surface area contributed by atoms with E-state index in [9.17, 15) is 4.79 Å². The molecule has 3 N–H and O–H groups in total. The minimum atomic E-state index is -0.834. The Morgan fingerprint density at radius 2 is 2.33 bits per heavy atom. The van der Waals surface area contributed by atoms with Crippen molar-refractivity contribution in [1.29, 1.82) is 0 Å². The molecule has 0 aromatic carbocycles. The van der Waals surface area contributed by atoms with Crippen molar-refractivity contribution in [3.63, 3.8) is 0 Å². The zero-order valence-corrected chi connectivity index (χ0v) is 9.49. The summed E-state index contributed by atoms with van der Waals surface area (Å²) in [5.41, 5.74) is 5.44. The molecule has 0 spiro atoms. The second-order valence-electron chi connectivity index (χ2n) is 3.01. The van der Waals surface area contributed by atoms with Crippen LogP contribution in [0.15, 0.2) is 5.16 Å². The van der Waals surface area contributed by atoms with E-state index in [-0.39, 0.29) is 0 Å². The zero-order chi connectivity index (χ0) is 11.4. The lowest BCUT2D eigenvalue weighted by molar-refractivity contribution is -0.136. The number of nitrogens with zero attached hydrogens (tertiary/aromatic N) is 3. The Balaban J connectivity index is 2.79. The first-order valence-electron chi connectivity index (χ1n) is 4.58. The van der Waals surface area contributed by atoms with Crippen LogP contribution in [0, 0.1) is 0 Å². The Morgan fingerprint density at radius 3 is 2.73 bits per heavy atom. The summed E-state index contributed by atoms with van der Waals surface area (Å²) in [7, 11) is 1.78. The highest BCUT2D eigenvalue weighted by Gasteiger charge is 2.20. The maximum Gasteiger partial charge on any atom is 0.317 e. The molecule has 15 heavy (non-hydrogen) atoms. The number of thioether (sulfide) groups is 1. The number of nitrogens with two attached hydrogens (primary N) is 1. The molecular weight excluding hydrogens is 216 g/mol. The normalized spacial score (nSPS) is 12.7. The number of aromatic nitrogens is 3. The van der Waals surface area contributed by atoms with Gasteiger partial charge >= 0.3 is 5.97 Å². The van der Waals surface area contributed by atoms with Crippen molar-refractivity contribution < 1.29 is 9.90 Å². The number of aliphatic carboxylic acids is 1. The van der Waals surface area contributed by atoms with Gasteiger partial charge in [0.1, 0.15) is 11.1 Å². The van der Waals surface area contributed by atoms with Gasteiger partial charge in [0, 0.05) is 7.05 Å². The van der Waals surface area contributed by atoms with Crippen LogP contribution in [0.2, 0.25) is 0 Å². The minimum absolute atomic E-state index is 0.300. The fraction of sp³-hybridized carbons (Fsp3) is 0.625. The first-order valence-corrected chi connectivity index (χ1v) is 5.45. The van der Waals surface area contributed by atoms with E-state index < -0.39 is 11.2 Å². The molecule has 7 heteroatoms. The molecule has 84 valence electrons. The molecule has 0 saturated carbocycles. The highest BCUT2D eigenvalue weighted by Crippen LogP contribution is 2.23. The van der Waals surface area contributed by atoms with Gasteiger partial charge in [-0.05, 0) is 6.42 Å². The third-order valence-corrected chi connectivity index (χ3v) is 3.39. The first-order chi connectivity index (χ1) is 7.10. The van der Waals surface area contributed by atoms with Crippen LogP contribution >= 0.6 is 11.8 Å². The summed E-state index contributed by atoms with van der Waals surface area (Å²) in [6, 6.07) is 0. The summed E-state index contributed by atoms with van der Waals surface area (Å²) in [6.45, 7) is 2.12. The standard InChI is InChI=1S/C8H14N4O2S/c1-3-5(7(13)14)15-8-11-10-6(4-9)12(8)2/h5H,3-4,9H2,1-2H3,(H,13,14). The van der Waals surface area contributed by atoms with E-state index in [0.717, 1.165) is 0 Å². The Morgan fingerprint density at radius 1 is 1.67 bits per heavy atom. The molecule has 0 aliphatic rings. The lowest BCUT2D eigenvalue weighted by Gasteiger charge is -2.08.